The van der Waals surface area contributed by atoms with Gasteiger partial charge in [0.2, 0.25) is 0 Å². The summed E-state index contributed by atoms with van der Waals surface area (Å²) in [7, 11) is 1.57. The molecule has 0 aliphatic carbocycles. The molecule has 0 spiro atoms. The lowest BCUT2D eigenvalue weighted by Crippen LogP contribution is -2.15. The second-order valence-corrected chi connectivity index (χ2v) is 7.38. The highest BCUT2D eigenvalue weighted by atomic mass is 19.4. The summed E-state index contributed by atoms with van der Waals surface area (Å²) < 4.78 is 42.1. The van der Waals surface area contributed by atoms with Crippen molar-refractivity contribution in [1.82, 2.24) is 14.8 Å². The van der Waals surface area contributed by atoms with Gasteiger partial charge in [0, 0.05) is 36.1 Å². The fourth-order valence-electron chi connectivity index (χ4n) is 3.40. The molecule has 0 aliphatic rings. The maximum absolute atomic E-state index is 13.6. The summed E-state index contributed by atoms with van der Waals surface area (Å²) in [5.74, 6) is -1.97. The van der Waals surface area contributed by atoms with Crippen LogP contribution in [0.15, 0.2) is 73.1 Å². The molecule has 2 N–H and O–H groups in total. The Morgan fingerprint density at radius 3 is 2.35 bits per heavy atom. The van der Waals surface area contributed by atoms with Crippen molar-refractivity contribution in [3.05, 3.63) is 89.7 Å². The number of carbonyl (C=O) groups excluding carboxylic acids is 1. The maximum atomic E-state index is 13.6. The SMILES string of the molecule is Cn1ccc(-c2cc(C(=O)Nc3cc(C(=O)O)cnc3-c3ccccc3)ccc2C(F)(F)F)n1. The number of amides is 1. The van der Waals surface area contributed by atoms with E-state index in [0.29, 0.717) is 11.3 Å². The van der Waals surface area contributed by atoms with E-state index in [9.17, 15) is 27.9 Å². The topological polar surface area (TPSA) is 97.1 Å². The molecular formula is C24H17F3N4O3. The van der Waals surface area contributed by atoms with Gasteiger partial charge in [-0.15, -0.1) is 0 Å². The summed E-state index contributed by atoms with van der Waals surface area (Å²) in [5.41, 5.74) is -0.291. The van der Waals surface area contributed by atoms with Crippen LogP contribution < -0.4 is 5.32 Å². The fourth-order valence-corrected chi connectivity index (χ4v) is 3.40. The van der Waals surface area contributed by atoms with Crippen molar-refractivity contribution >= 4 is 17.6 Å². The number of benzene rings is 2. The highest BCUT2D eigenvalue weighted by Gasteiger charge is 2.34. The Balaban J connectivity index is 1.76. The number of aromatic carboxylic acids is 1. The van der Waals surface area contributed by atoms with Gasteiger partial charge < -0.3 is 10.4 Å². The van der Waals surface area contributed by atoms with E-state index in [1.165, 1.54) is 23.0 Å². The maximum Gasteiger partial charge on any atom is 0.417 e. The van der Waals surface area contributed by atoms with Gasteiger partial charge in [0.1, 0.15) is 0 Å². The van der Waals surface area contributed by atoms with Gasteiger partial charge >= 0.3 is 12.1 Å². The van der Waals surface area contributed by atoms with Gasteiger partial charge in [-0.2, -0.15) is 18.3 Å². The van der Waals surface area contributed by atoms with Crippen LogP contribution in [0.2, 0.25) is 0 Å². The molecule has 0 saturated carbocycles. The standard InChI is InChI=1S/C24H17F3N4O3/c1-31-10-9-19(30-31)17-11-15(7-8-18(17)24(25,26)27)22(32)29-20-12-16(23(33)34)13-28-21(20)14-5-3-2-4-6-14/h2-13H,1H3,(H,29,32)(H,33,34). The smallest absolute Gasteiger partial charge is 0.417 e. The summed E-state index contributed by atoms with van der Waals surface area (Å²) in [5, 5.41) is 15.9. The highest BCUT2D eigenvalue weighted by Crippen LogP contribution is 2.37. The van der Waals surface area contributed by atoms with E-state index < -0.39 is 23.6 Å². The number of alkyl halides is 3. The Morgan fingerprint density at radius 2 is 1.74 bits per heavy atom. The number of halogens is 3. The largest absolute Gasteiger partial charge is 0.478 e. The number of aryl methyl sites for hydroxylation is 1. The molecule has 34 heavy (non-hydrogen) atoms. The Morgan fingerprint density at radius 1 is 1.00 bits per heavy atom. The van der Waals surface area contributed by atoms with Crippen LogP contribution in [0, 0.1) is 0 Å². The van der Waals surface area contributed by atoms with Crippen LogP contribution in [-0.4, -0.2) is 31.7 Å². The predicted molar refractivity (Wildman–Crippen MR) is 118 cm³/mol. The van der Waals surface area contributed by atoms with Crippen LogP contribution in [-0.2, 0) is 13.2 Å². The minimum Gasteiger partial charge on any atom is -0.478 e. The van der Waals surface area contributed by atoms with Crippen molar-refractivity contribution in [3.8, 4) is 22.5 Å². The quantitative estimate of drug-likeness (QED) is 0.426. The van der Waals surface area contributed by atoms with E-state index in [1.807, 2.05) is 0 Å². The summed E-state index contributed by atoms with van der Waals surface area (Å²) in [4.78, 5) is 28.6. The molecule has 2 aromatic heterocycles. The Kier molecular flexibility index (Phi) is 5.89. The van der Waals surface area contributed by atoms with Crippen LogP contribution in [0.5, 0.6) is 0 Å². The first-order chi connectivity index (χ1) is 16.1. The number of hydrogen-bond acceptors (Lipinski definition) is 4. The first-order valence-corrected chi connectivity index (χ1v) is 9.95. The predicted octanol–water partition coefficient (Wildman–Crippen LogP) is 5.12. The summed E-state index contributed by atoms with van der Waals surface area (Å²) in [6, 6.07) is 14.4. The van der Waals surface area contributed by atoms with E-state index in [2.05, 4.69) is 15.4 Å². The van der Waals surface area contributed by atoms with Crippen molar-refractivity contribution in [1.29, 1.82) is 0 Å². The van der Waals surface area contributed by atoms with Gasteiger partial charge in [0.15, 0.2) is 0 Å². The number of nitrogens with zero attached hydrogens (tertiary/aromatic N) is 3. The van der Waals surface area contributed by atoms with Gasteiger partial charge in [0.05, 0.1) is 28.2 Å². The fraction of sp³-hybridized carbons (Fsp3) is 0.0833. The molecule has 0 fully saturated rings. The van der Waals surface area contributed by atoms with Crippen LogP contribution in [0.25, 0.3) is 22.5 Å². The molecule has 2 aromatic carbocycles. The number of carbonyl (C=O) groups is 2. The van der Waals surface area contributed by atoms with Gasteiger partial charge in [-0.05, 0) is 30.3 Å². The number of carboxylic acids is 1. The Hall–Kier alpha value is -4.47. The Bertz CT molecular complexity index is 1380. The zero-order valence-electron chi connectivity index (χ0n) is 17.7. The minimum absolute atomic E-state index is 0.0593. The van der Waals surface area contributed by atoms with Crippen LogP contribution in [0.1, 0.15) is 26.3 Å². The van der Waals surface area contributed by atoms with Crippen molar-refractivity contribution in [2.45, 2.75) is 6.18 Å². The highest BCUT2D eigenvalue weighted by molar-refractivity contribution is 6.07. The second kappa shape index (κ2) is 8.81. The minimum atomic E-state index is -4.65. The molecule has 4 aromatic rings. The molecule has 0 saturated heterocycles. The monoisotopic (exact) mass is 466 g/mol. The number of carboxylic acid groups (broad SMARTS) is 1. The van der Waals surface area contributed by atoms with Crippen LogP contribution in [0.3, 0.4) is 0 Å². The molecular weight excluding hydrogens is 449 g/mol. The lowest BCUT2D eigenvalue weighted by Gasteiger charge is -2.15. The van der Waals surface area contributed by atoms with Gasteiger partial charge in [-0.3, -0.25) is 14.5 Å². The summed E-state index contributed by atoms with van der Waals surface area (Å²) in [6.45, 7) is 0. The van der Waals surface area contributed by atoms with Crippen molar-refractivity contribution in [2.24, 2.45) is 7.05 Å². The lowest BCUT2D eigenvalue weighted by atomic mass is 10.00. The van der Waals surface area contributed by atoms with Crippen molar-refractivity contribution in [3.63, 3.8) is 0 Å². The number of nitrogens with one attached hydrogen (secondary N) is 1. The van der Waals surface area contributed by atoms with E-state index in [4.69, 9.17) is 0 Å². The third-order valence-corrected chi connectivity index (χ3v) is 5.01. The van der Waals surface area contributed by atoms with Gasteiger partial charge in [-0.25, -0.2) is 4.79 Å². The lowest BCUT2D eigenvalue weighted by molar-refractivity contribution is -0.137. The molecule has 2 heterocycles. The van der Waals surface area contributed by atoms with Crippen LogP contribution >= 0.6 is 0 Å². The molecule has 7 nitrogen and oxygen atoms in total. The molecule has 172 valence electrons. The van der Waals surface area contributed by atoms with Gasteiger partial charge in [0.25, 0.3) is 5.91 Å². The third-order valence-electron chi connectivity index (χ3n) is 5.01. The van der Waals surface area contributed by atoms with Gasteiger partial charge in [-0.1, -0.05) is 30.3 Å². The molecule has 4 rings (SSSR count). The van der Waals surface area contributed by atoms with E-state index in [1.54, 1.807) is 37.4 Å². The van der Waals surface area contributed by atoms with Crippen molar-refractivity contribution < 1.29 is 27.9 Å². The van der Waals surface area contributed by atoms with Crippen LogP contribution in [0.4, 0.5) is 18.9 Å². The first kappa shape index (κ1) is 22.7. The molecule has 10 heteroatoms. The number of pyridine rings is 1. The molecule has 0 radical (unpaired) electrons. The van der Waals surface area contributed by atoms with E-state index >= 15 is 0 Å². The molecule has 0 aliphatic heterocycles. The molecule has 0 unspecified atom stereocenters. The summed E-state index contributed by atoms with van der Waals surface area (Å²) in [6.07, 6.45) is -1.99. The number of anilines is 1. The van der Waals surface area contributed by atoms with E-state index in [0.717, 1.165) is 24.4 Å². The second-order valence-electron chi connectivity index (χ2n) is 7.38. The van der Waals surface area contributed by atoms with Crippen molar-refractivity contribution in [2.75, 3.05) is 5.32 Å². The molecule has 0 bridgehead atoms. The normalized spacial score (nSPS) is 11.3. The third kappa shape index (κ3) is 4.65. The zero-order chi connectivity index (χ0) is 24.5. The molecule has 0 atom stereocenters. The first-order valence-electron chi connectivity index (χ1n) is 9.95. The van der Waals surface area contributed by atoms with E-state index in [-0.39, 0.29) is 28.1 Å². The zero-order valence-corrected chi connectivity index (χ0v) is 17.7. The number of hydrogen-bond donors (Lipinski definition) is 2. The number of aromatic nitrogens is 3. The summed E-state index contributed by atoms with van der Waals surface area (Å²) >= 11 is 0. The average molecular weight is 466 g/mol. The number of rotatable bonds is 5. The average Bonchev–Trinajstić information content (AvgIpc) is 3.24. The molecule has 1 amide bonds. The Labute approximate surface area is 191 Å².